The molecule has 4 rings (SSSR count). The van der Waals surface area contributed by atoms with Crippen LogP contribution in [-0.4, -0.2) is 15.7 Å². The van der Waals surface area contributed by atoms with Crippen LogP contribution in [0.25, 0.3) is 0 Å². The van der Waals surface area contributed by atoms with Crippen LogP contribution in [0.15, 0.2) is 24.3 Å². The quantitative estimate of drug-likeness (QED) is 0.529. The monoisotopic (exact) mass is 446 g/mol. The average Bonchev–Trinajstić information content (AvgIpc) is 2.74. The zero-order valence-corrected chi connectivity index (χ0v) is 21.9. The fourth-order valence-electron chi connectivity index (χ4n) is 4.69. The summed E-state index contributed by atoms with van der Waals surface area (Å²) in [6, 6.07) is 9.17. The summed E-state index contributed by atoms with van der Waals surface area (Å²) in [7, 11) is 4.48. The van der Waals surface area contributed by atoms with E-state index in [-0.39, 0.29) is 10.8 Å². The molecule has 2 atom stereocenters. The fraction of sp³-hybridized carbons (Fsp3) is 0.571. The molecule has 2 aliphatic heterocycles. The highest BCUT2D eigenvalue weighted by Gasteiger charge is 2.41. The van der Waals surface area contributed by atoms with E-state index in [0.29, 0.717) is 0 Å². The summed E-state index contributed by atoms with van der Waals surface area (Å²) >= 11 is 0. The second-order valence-electron chi connectivity index (χ2n) is 11.9. The Kier molecular flexibility index (Phi) is 6.66. The predicted molar refractivity (Wildman–Crippen MR) is 141 cm³/mol. The molecule has 33 heavy (non-hydrogen) atoms. The Morgan fingerprint density at radius 1 is 0.667 bits per heavy atom. The average molecular weight is 446 g/mol. The minimum atomic E-state index is -0.421. The minimum Gasteiger partial charge on any atom is -0.459 e. The van der Waals surface area contributed by atoms with E-state index in [2.05, 4.69) is 81.5 Å². The second-order valence-corrected chi connectivity index (χ2v) is 11.9. The molecule has 0 saturated carbocycles. The molecule has 3 nitrogen and oxygen atoms in total. The highest BCUT2D eigenvalue weighted by molar-refractivity contribution is 6.08. The topological polar surface area (TPSA) is 27.7 Å². The van der Waals surface area contributed by atoms with Crippen molar-refractivity contribution in [1.29, 1.82) is 0 Å². The van der Waals surface area contributed by atoms with E-state index >= 15 is 0 Å². The van der Waals surface area contributed by atoms with Crippen LogP contribution in [0.3, 0.4) is 0 Å². The van der Waals surface area contributed by atoms with Crippen LogP contribution in [0.4, 0.5) is 0 Å². The van der Waals surface area contributed by atoms with Crippen LogP contribution in [0.1, 0.15) is 100 Å². The van der Waals surface area contributed by atoms with E-state index in [1.54, 1.807) is 0 Å². The number of fused-ring (bicyclic) bond motifs is 6. The molecule has 0 aromatic heterocycles. The Morgan fingerprint density at radius 2 is 1.06 bits per heavy atom. The van der Waals surface area contributed by atoms with Crippen LogP contribution in [0.2, 0.25) is 12.6 Å². The first-order valence-electron chi connectivity index (χ1n) is 12.9. The third kappa shape index (κ3) is 4.85. The molecular weight excluding hydrogens is 406 g/mol. The van der Waals surface area contributed by atoms with Crippen molar-refractivity contribution in [3.05, 3.63) is 57.6 Å². The maximum absolute atomic E-state index is 6.65. The number of hydrogen-bond acceptors (Lipinski definition) is 3. The van der Waals surface area contributed by atoms with Crippen molar-refractivity contribution < 1.29 is 14.2 Å². The van der Waals surface area contributed by atoms with Gasteiger partial charge >= 0.3 is 0 Å². The lowest BCUT2D eigenvalue weighted by Gasteiger charge is -2.41. The molecule has 2 aliphatic rings. The standard InChI is InChI=1S/C28H40B2O3/c1-27(2,3)19-13-17(9-7-11-29)23-21(15-19)25-32-24-18(10-8-12-30)14-20(28(4,5)6)16-22(24)26(31-23)33-25/h13-16,25-26H,7-12,29-30H2,1-6H3. The first-order valence-corrected chi connectivity index (χ1v) is 12.9. The van der Waals surface area contributed by atoms with Crippen molar-refractivity contribution >= 4 is 15.7 Å². The summed E-state index contributed by atoms with van der Waals surface area (Å²) in [5.74, 6) is 1.94. The molecule has 0 amide bonds. The third-order valence-corrected chi connectivity index (χ3v) is 6.93. The molecule has 5 heteroatoms. The van der Waals surface area contributed by atoms with Gasteiger partial charge in [-0.2, -0.15) is 0 Å². The Morgan fingerprint density at radius 3 is 1.39 bits per heavy atom. The van der Waals surface area contributed by atoms with E-state index in [0.717, 1.165) is 60.9 Å². The summed E-state index contributed by atoms with van der Waals surface area (Å²) < 4.78 is 19.7. The van der Waals surface area contributed by atoms with Gasteiger partial charge in [-0.15, -0.1) is 0 Å². The van der Waals surface area contributed by atoms with Crippen molar-refractivity contribution in [3.8, 4) is 11.5 Å². The largest absolute Gasteiger partial charge is 0.459 e. The van der Waals surface area contributed by atoms with Crippen molar-refractivity contribution in [1.82, 2.24) is 0 Å². The molecule has 0 spiro atoms. The van der Waals surface area contributed by atoms with Gasteiger partial charge < -0.3 is 9.47 Å². The molecule has 176 valence electrons. The van der Waals surface area contributed by atoms with E-state index in [4.69, 9.17) is 14.2 Å². The van der Waals surface area contributed by atoms with Gasteiger partial charge in [-0.25, -0.2) is 0 Å². The van der Waals surface area contributed by atoms with Gasteiger partial charge in [-0.1, -0.05) is 79.2 Å². The Hall–Kier alpha value is -1.87. The van der Waals surface area contributed by atoms with E-state index in [1.807, 2.05) is 0 Å². The Bertz CT molecular complexity index is 936. The van der Waals surface area contributed by atoms with Gasteiger partial charge in [-0.05, 0) is 58.1 Å². The number of aryl methyl sites for hydroxylation is 2. The molecule has 0 fully saturated rings. The Labute approximate surface area is 202 Å². The number of hydrogen-bond donors (Lipinski definition) is 0. The number of benzene rings is 2. The second kappa shape index (κ2) is 9.06. The van der Waals surface area contributed by atoms with Crippen LogP contribution < -0.4 is 9.47 Å². The van der Waals surface area contributed by atoms with Gasteiger partial charge in [0.1, 0.15) is 27.2 Å². The minimum absolute atomic E-state index is 0.0489. The van der Waals surface area contributed by atoms with Crippen molar-refractivity contribution in [3.63, 3.8) is 0 Å². The smallest absolute Gasteiger partial charge is 0.233 e. The maximum atomic E-state index is 6.65. The van der Waals surface area contributed by atoms with Gasteiger partial charge in [0, 0.05) is 0 Å². The first-order chi connectivity index (χ1) is 15.5. The zero-order chi connectivity index (χ0) is 24.0. The van der Waals surface area contributed by atoms with Gasteiger partial charge in [0.05, 0.1) is 11.1 Å². The summed E-state index contributed by atoms with van der Waals surface area (Å²) in [6.45, 7) is 13.6. The predicted octanol–water partition coefficient (Wildman–Crippen LogP) is 5.75. The van der Waals surface area contributed by atoms with Crippen LogP contribution in [0, 0.1) is 0 Å². The van der Waals surface area contributed by atoms with Crippen molar-refractivity contribution in [2.24, 2.45) is 0 Å². The molecule has 0 N–H and O–H groups in total. The van der Waals surface area contributed by atoms with Gasteiger partial charge in [0.2, 0.25) is 12.6 Å². The number of rotatable bonds is 6. The molecule has 2 heterocycles. The van der Waals surface area contributed by atoms with E-state index in [9.17, 15) is 0 Å². The van der Waals surface area contributed by atoms with E-state index < -0.39 is 12.6 Å². The third-order valence-electron chi connectivity index (χ3n) is 6.93. The van der Waals surface area contributed by atoms with E-state index in [1.165, 1.54) is 22.3 Å². The lowest BCUT2D eigenvalue weighted by atomic mass is 9.82. The van der Waals surface area contributed by atoms with Gasteiger partial charge in [0.25, 0.3) is 0 Å². The fourth-order valence-corrected chi connectivity index (χ4v) is 4.69. The molecule has 2 aromatic rings. The Balaban J connectivity index is 1.82. The molecule has 2 unspecified atom stereocenters. The van der Waals surface area contributed by atoms with Crippen LogP contribution in [-0.2, 0) is 28.4 Å². The summed E-state index contributed by atoms with van der Waals surface area (Å²) in [5.41, 5.74) is 7.35. The first kappa shape index (κ1) is 24.3. The van der Waals surface area contributed by atoms with Crippen LogP contribution >= 0.6 is 0 Å². The van der Waals surface area contributed by atoms with Crippen LogP contribution in [0.5, 0.6) is 11.5 Å². The molecule has 2 aromatic carbocycles. The molecule has 0 saturated heterocycles. The highest BCUT2D eigenvalue weighted by Crippen LogP contribution is 2.52. The van der Waals surface area contributed by atoms with Crippen molar-refractivity contribution in [2.45, 2.75) is 103 Å². The van der Waals surface area contributed by atoms with Gasteiger partial charge in [0.15, 0.2) is 0 Å². The van der Waals surface area contributed by atoms with Gasteiger partial charge in [-0.3, -0.25) is 4.74 Å². The molecule has 0 aliphatic carbocycles. The van der Waals surface area contributed by atoms with Crippen molar-refractivity contribution in [2.75, 3.05) is 0 Å². The lowest BCUT2D eigenvalue weighted by molar-refractivity contribution is -0.228. The summed E-state index contributed by atoms with van der Waals surface area (Å²) in [5, 5.41) is 0. The number of ether oxygens (including phenoxy) is 3. The molecule has 2 bridgehead atoms. The lowest BCUT2D eigenvalue weighted by Crippen LogP contribution is -2.32. The zero-order valence-electron chi connectivity index (χ0n) is 21.9. The molecular formula is C28H40B2O3. The SMILES string of the molecule is BCCCc1cc(C(C)(C)C)cc2c1OC1OC2Oc2c(CCCB)cc(C(C)(C)C)cc21. The normalized spacial score (nSPS) is 19.3. The summed E-state index contributed by atoms with van der Waals surface area (Å²) in [6.07, 6.45) is 5.79. The highest BCUT2D eigenvalue weighted by atomic mass is 16.8. The maximum Gasteiger partial charge on any atom is 0.233 e. The summed E-state index contributed by atoms with van der Waals surface area (Å²) in [4.78, 5) is 0. The molecule has 0 radical (unpaired) electrons.